The van der Waals surface area contributed by atoms with Gasteiger partial charge in [0.25, 0.3) is 0 Å². The van der Waals surface area contributed by atoms with E-state index in [9.17, 15) is 0 Å². The van der Waals surface area contributed by atoms with Crippen LogP contribution in [-0.2, 0) is 13.5 Å². The van der Waals surface area contributed by atoms with Crippen molar-refractivity contribution in [3.8, 4) is 6.01 Å². The minimum absolute atomic E-state index is 0.139. The van der Waals surface area contributed by atoms with Gasteiger partial charge in [0.15, 0.2) is 0 Å². The molecule has 0 saturated carbocycles. The molecule has 2 aromatic rings. The van der Waals surface area contributed by atoms with Crippen molar-refractivity contribution in [2.75, 3.05) is 6.61 Å². The van der Waals surface area contributed by atoms with Gasteiger partial charge in [0.2, 0.25) is 5.28 Å². The molecule has 0 N–H and O–H groups in total. The molecule has 18 heavy (non-hydrogen) atoms. The van der Waals surface area contributed by atoms with Crippen molar-refractivity contribution in [3.05, 3.63) is 29.3 Å². The fourth-order valence-electron chi connectivity index (χ4n) is 1.42. The zero-order valence-corrected chi connectivity index (χ0v) is 11.1. The number of imidazole rings is 1. The number of hydrogen-bond donors (Lipinski definition) is 0. The molecule has 0 saturated heterocycles. The molecule has 0 spiro atoms. The fourth-order valence-corrected chi connectivity index (χ4v) is 1.59. The lowest BCUT2D eigenvalue weighted by Gasteiger charge is -2.05. The van der Waals surface area contributed by atoms with Crippen LogP contribution in [0.15, 0.2) is 12.4 Å². The molecule has 2 rings (SSSR count). The van der Waals surface area contributed by atoms with Gasteiger partial charge < -0.3 is 9.30 Å². The molecule has 0 fully saturated rings. The van der Waals surface area contributed by atoms with Crippen molar-refractivity contribution in [1.82, 2.24) is 24.5 Å². The molecule has 0 radical (unpaired) electrons. The zero-order valence-electron chi connectivity index (χ0n) is 10.3. The highest BCUT2D eigenvalue weighted by atomic mass is 35.5. The SMILES string of the molecule is CCCOc1nc(Cl)nc(Cc2nccn2C)n1. The molecule has 0 unspecified atom stereocenters. The van der Waals surface area contributed by atoms with Gasteiger partial charge in [-0.2, -0.15) is 9.97 Å². The van der Waals surface area contributed by atoms with E-state index in [4.69, 9.17) is 16.3 Å². The smallest absolute Gasteiger partial charge is 0.320 e. The summed E-state index contributed by atoms with van der Waals surface area (Å²) in [7, 11) is 1.92. The van der Waals surface area contributed by atoms with Crippen LogP contribution in [0.25, 0.3) is 0 Å². The van der Waals surface area contributed by atoms with Gasteiger partial charge >= 0.3 is 6.01 Å². The van der Waals surface area contributed by atoms with Crippen LogP contribution < -0.4 is 4.74 Å². The Morgan fingerprint density at radius 1 is 1.33 bits per heavy atom. The first-order valence-corrected chi connectivity index (χ1v) is 6.06. The number of aromatic nitrogens is 5. The molecule has 6 nitrogen and oxygen atoms in total. The summed E-state index contributed by atoms with van der Waals surface area (Å²) in [5.41, 5.74) is 0. The van der Waals surface area contributed by atoms with E-state index in [1.807, 2.05) is 24.7 Å². The highest BCUT2D eigenvalue weighted by Crippen LogP contribution is 2.11. The molecule has 2 aromatic heterocycles. The first-order chi connectivity index (χ1) is 8.69. The van der Waals surface area contributed by atoms with Gasteiger partial charge in [-0.3, -0.25) is 0 Å². The lowest BCUT2D eigenvalue weighted by molar-refractivity contribution is 0.290. The van der Waals surface area contributed by atoms with E-state index in [0.29, 0.717) is 18.9 Å². The van der Waals surface area contributed by atoms with Crippen molar-refractivity contribution in [2.45, 2.75) is 19.8 Å². The van der Waals surface area contributed by atoms with E-state index in [-0.39, 0.29) is 11.3 Å². The molecule has 0 aliphatic carbocycles. The summed E-state index contributed by atoms with van der Waals surface area (Å²) >= 11 is 5.84. The van der Waals surface area contributed by atoms with Crippen LogP contribution >= 0.6 is 11.6 Å². The molecule has 2 heterocycles. The van der Waals surface area contributed by atoms with Crippen molar-refractivity contribution in [1.29, 1.82) is 0 Å². The summed E-state index contributed by atoms with van der Waals surface area (Å²) in [5, 5.41) is 0.139. The van der Waals surface area contributed by atoms with Crippen LogP contribution in [0.1, 0.15) is 25.0 Å². The second-order valence-electron chi connectivity index (χ2n) is 3.78. The monoisotopic (exact) mass is 267 g/mol. The quantitative estimate of drug-likeness (QED) is 0.824. The van der Waals surface area contributed by atoms with Gasteiger partial charge in [0.1, 0.15) is 11.6 Å². The highest BCUT2D eigenvalue weighted by molar-refractivity contribution is 6.28. The summed E-state index contributed by atoms with van der Waals surface area (Å²) in [5.74, 6) is 1.41. The van der Waals surface area contributed by atoms with Gasteiger partial charge in [-0.25, -0.2) is 9.97 Å². The molecule has 0 atom stereocenters. The third-order valence-corrected chi connectivity index (χ3v) is 2.48. The number of halogens is 1. The first kappa shape index (κ1) is 12.8. The van der Waals surface area contributed by atoms with Gasteiger partial charge in [0.05, 0.1) is 13.0 Å². The Kier molecular flexibility index (Phi) is 4.09. The van der Waals surface area contributed by atoms with Crippen molar-refractivity contribution >= 4 is 11.6 Å². The van der Waals surface area contributed by atoms with Crippen LogP contribution in [-0.4, -0.2) is 31.1 Å². The molecule has 0 aliphatic heterocycles. The summed E-state index contributed by atoms with van der Waals surface area (Å²) in [6, 6.07) is 0.265. The zero-order chi connectivity index (χ0) is 13.0. The number of hydrogen-bond acceptors (Lipinski definition) is 5. The van der Waals surface area contributed by atoms with Crippen molar-refractivity contribution in [2.24, 2.45) is 7.05 Å². The second-order valence-corrected chi connectivity index (χ2v) is 4.12. The molecule has 0 amide bonds. The van der Waals surface area contributed by atoms with Crippen LogP contribution in [0, 0.1) is 0 Å². The van der Waals surface area contributed by atoms with E-state index < -0.39 is 0 Å². The fraction of sp³-hybridized carbons (Fsp3) is 0.455. The summed E-state index contributed by atoms with van der Waals surface area (Å²) < 4.78 is 7.26. The Morgan fingerprint density at radius 2 is 2.17 bits per heavy atom. The van der Waals surface area contributed by atoms with Crippen LogP contribution in [0.2, 0.25) is 5.28 Å². The number of aryl methyl sites for hydroxylation is 1. The molecule has 0 aromatic carbocycles. The second kappa shape index (κ2) is 5.77. The molecule has 0 aliphatic rings. The number of ether oxygens (including phenoxy) is 1. The Bertz CT molecular complexity index is 528. The largest absolute Gasteiger partial charge is 0.463 e. The van der Waals surface area contributed by atoms with E-state index in [1.54, 1.807) is 6.20 Å². The maximum absolute atomic E-state index is 5.84. The highest BCUT2D eigenvalue weighted by Gasteiger charge is 2.09. The molecular formula is C11H14ClN5O. The maximum atomic E-state index is 5.84. The van der Waals surface area contributed by atoms with Gasteiger partial charge in [0, 0.05) is 19.4 Å². The lowest BCUT2D eigenvalue weighted by atomic mass is 10.4. The Labute approximate surface area is 110 Å². The van der Waals surface area contributed by atoms with Crippen LogP contribution in [0.3, 0.4) is 0 Å². The standard InChI is InChI=1S/C11H14ClN5O/c1-3-6-18-11-15-8(14-10(12)16-11)7-9-13-4-5-17(9)2/h4-5H,3,6-7H2,1-2H3. The van der Waals surface area contributed by atoms with E-state index in [0.717, 1.165) is 12.2 Å². The van der Waals surface area contributed by atoms with E-state index in [1.165, 1.54) is 0 Å². The minimum atomic E-state index is 0.139. The maximum Gasteiger partial charge on any atom is 0.320 e. The first-order valence-electron chi connectivity index (χ1n) is 5.68. The Hall–Kier alpha value is -1.69. The Balaban J connectivity index is 2.17. The average molecular weight is 268 g/mol. The van der Waals surface area contributed by atoms with Crippen molar-refractivity contribution in [3.63, 3.8) is 0 Å². The van der Waals surface area contributed by atoms with E-state index >= 15 is 0 Å². The minimum Gasteiger partial charge on any atom is -0.463 e. The van der Waals surface area contributed by atoms with Crippen molar-refractivity contribution < 1.29 is 4.74 Å². The summed E-state index contributed by atoms with van der Waals surface area (Å²) in [4.78, 5) is 16.4. The molecule has 96 valence electrons. The predicted octanol–water partition coefficient (Wildman–Crippen LogP) is 1.64. The van der Waals surface area contributed by atoms with Gasteiger partial charge in [-0.1, -0.05) is 6.92 Å². The topological polar surface area (TPSA) is 65.7 Å². The molecule has 0 bridgehead atoms. The van der Waals surface area contributed by atoms with Gasteiger partial charge in [-0.15, -0.1) is 0 Å². The summed E-state index contributed by atoms with van der Waals surface area (Å²) in [6.07, 6.45) is 4.98. The summed E-state index contributed by atoms with van der Waals surface area (Å²) in [6.45, 7) is 2.57. The Morgan fingerprint density at radius 3 is 2.83 bits per heavy atom. The third kappa shape index (κ3) is 3.16. The van der Waals surface area contributed by atoms with E-state index in [2.05, 4.69) is 19.9 Å². The number of rotatable bonds is 5. The van der Waals surface area contributed by atoms with Crippen LogP contribution in [0.5, 0.6) is 6.01 Å². The predicted molar refractivity (Wildman–Crippen MR) is 66.6 cm³/mol. The number of nitrogens with zero attached hydrogens (tertiary/aromatic N) is 5. The normalized spacial score (nSPS) is 10.6. The third-order valence-electron chi connectivity index (χ3n) is 2.31. The molecule has 7 heteroatoms. The lowest BCUT2D eigenvalue weighted by Crippen LogP contribution is -2.07. The van der Waals surface area contributed by atoms with Gasteiger partial charge in [-0.05, 0) is 18.0 Å². The van der Waals surface area contributed by atoms with Crippen LogP contribution in [0.4, 0.5) is 0 Å². The average Bonchev–Trinajstić information content (AvgIpc) is 2.72. The molecular weight excluding hydrogens is 254 g/mol.